The average Bonchev–Trinajstić information content (AvgIpc) is 3.29. The first-order valence-electron chi connectivity index (χ1n) is 15.5. The van der Waals surface area contributed by atoms with Crippen molar-refractivity contribution < 1.29 is 34.2 Å². The van der Waals surface area contributed by atoms with Crippen LogP contribution in [0, 0.1) is 17.9 Å². The van der Waals surface area contributed by atoms with Crippen LogP contribution in [0.15, 0.2) is 88.5 Å². The van der Waals surface area contributed by atoms with E-state index in [9.17, 15) is 14.1 Å². The summed E-state index contributed by atoms with van der Waals surface area (Å²) < 4.78 is 13.3. The number of hydrogen-bond acceptors (Lipinski definition) is 4. The Bertz CT molecular complexity index is 1660. The van der Waals surface area contributed by atoms with Gasteiger partial charge >= 0.3 is 0 Å². The van der Waals surface area contributed by atoms with Crippen molar-refractivity contribution in [3.8, 4) is 22.4 Å². The predicted octanol–water partition coefficient (Wildman–Crippen LogP) is 10.0. The standard InChI is InChI=1S/C25H20NOS.C13H24O2.Ir/c1-25(2,3)21-15-17(14-16-8-4-5-9-18(16)21)23-24-20(12-13-26-23)19-10-6-7-11-22(19)28(24)27;1-5-10(6-2)12(14)9-13(15)11(7-3)8-4;/h4-13,15H,1-3H3;9-11,14H,5-8H2,1-4H3;/q-1;;/b;12-9-;. The number of aliphatic hydroxyl groups excluding tert-OH is 1. The van der Waals surface area contributed by atoms with Crippen molar-refractivity contribution >= 4 is 27.4 Å². The van der Waals surface area contributed by atoms with Crippen molar-refractivity contribution in [1.82, 2.24) is 4.98 Å². The zero-order valence-corrected chi connectivity index (χ0v) is 30.1. The van der Waals surface area contributed by atoms with Crippen molar-refractivity contribution in [1.29, 1.82) is 0 Å². The Kier molecular flexibility index (Phi) is 12.4. The van der Waals surface area contributed by atoms with E-state index in [1.54, 1.807) is 0 Å². The molecule has 1 aliphatic rings. The second-order valence-electron chi connectivity index (χ2n) is 12.2. The van der Waals surface area contributed by atoms with E-state index in [4.69, 9.17) is 0 Å². The summed E-state index contributed by atoms with van der Waals surface area (Å²) >= 11 is 0. The van der Waals surface area contributed by atoms with E-state index >= 15 is 0 Å². The molecule has 1 aromatic heterocycles. The second kappa shape index (κ2) is 15.4. The predicted molar refractivity (Wildman–Crippen MR) is 179 cm³/mol. The number of carbonyl (C=O) groups is 1. The van der Waals surface area contributed by atoms with E-state index < -0.39 is 10.8 Å². The molecule has 4 nitrogen and oxygen atoms in total. The maximum Gasteiger partial charge on any atom is 0.162 e. The second-order valence-corrected chi connectivity index (χ2v) is 13.6. The molecule has 1 unspecified atom stereocenters. The van der Waals surface area contributed by atoms with Crippen LogP contribution in [0.5, 0.6) is 0 Å². The number of ketones is 1. The number of hydrogen-bond donors (Lipinski definition) is 1. The summed E-state index contributed by atoms with van der Waals surface area (Å²) in [6.07, 6.45) is 6.72. The first kappa shape index (κ1) is 35.6. The molecule has 1 atom stereocenters. The largest absolute Gasteiger partial charge is 0.512 e. The summed E-state index contributed by atoms with van der Waals surface area (Å²) in [6.45, 7) is 14.7. The fourth-order valence-corrected chi connectivity index (χ4v) is 7.27. The molecule has 0 amide bonds. The minimum atomic E-state index is -1.23. The van der Waals surface area contributed by atoms with Crippen molar-refractivity contribution in [2.45, 2.75) is 89.4 Å². The Morgan fingerprint density at radius 3 is 2.16 bits per heavy atom. The van der Waals surface area contributed by atoms with Gasteiger partial charge in [-0.1, -0.05) is 95.8 Å². The van der Waals surface area contributed by atoms with Crippen molar-refractivity contribution in [2.75, 3.05) is 0 Å². The van der Waals surface area contributed by atoms with Crippen LogP contribution >= 0.6 is 0 Å². The van der Waals surface area contributed by atoms with Crippen LogP contribution in [0.1, 0.15) is 79.7 Å². The van der Waals surface area contributed by atoms with Gasteiger partial charge in [-0.15, -0.1) is 29.1 Å². The van der Waals surface area contributed by atoms with E-state index in [-0.39, 0.29) is 48.9 Å². The van der Waals surface area contributed by atoms with Gasteiger partial charge in [0.05, 0.1) is 21.5 Å². The van der Waals surface area contributed by atoms with E-state index in [1.165, 1.54) is 17.0 Å². The Morgan fingerprint density at radius 1 is 0.909 bits per heavy atom. The monoisotopic (exact) mass is 787 g/mol. The number of rotatable bonds is 8. The van der Waals surface area contributed by atoms with Gasteiger partial charge in [-0.2, -0.15) is 0 Å². The van der Waals surface area contributed by atoms with Crippen molar-refractivity contribution in [3.63, 3.8) is 0 Å². The third-order valence-corrected chi connectivity index (χ3v) is 9.93. The molecule has 1 radical (unpaired) electrons. The summed E-state index contributed by atoms with van der Waals surface area (Å²) in [4.78, 5) is 18.0. The third kappa shape index (κ3) is 7.47. The molecule has 0 aliphatic carbocycles. The molecule has 0 fully saturated rings. The normalized spacial score (nSPS) is 14.1. The summed E-state index contributed by atoms with van der Waals surface area (Å²) in [6, 6.07) is 23.9. The van der Waals surface area contributed by atoms with Gasteiger partial charge in [0.15, 0.2) is 5.78 Å². The number of fused-ring (bicyclic) bond motifs is 4. The van der Waals surface area contributed by atoms with Crippen LogP contribution in [0.3, 0.4) is 0 Å². The molecule has 6 heteroatoms. The van der Waals surface area contributed by atoms with Gasteiger partial charge in [-0.3, -0.25) is 9.78 Å². The first-order chi connectivity index (χ1) is 20.5. The van der Waals surface area contributed by atoms with Crippen LogP contribution in [0.2, 0.25) is 0 Å². The molecule has 5 rings (SSSR count). The average molecular weight is 787 g/mol. The maximum atomic E-state index is 13.3. The van der Waals surface area contributed by atoms with Crippen LogP contribution < -0.4 is 0 Å². The molecule has 0 bridgehead atoms. The Morgan fingerprint density at radius 2 is 1.52 bits per heavy atom. The van der Waals surface area contributed by atoms with Gasteiger partial charge in [-0.05, 0) is 54.4 Å². The molecule has 1 N–H and O–H groups in total. The van der Waals surface area contributed by atoms with Crippen LogP contribution in [0.25, 0.3) is 33.2 Å². The zero-order valence-electron chi connectivity index (χ0n) is 26.9. The van der Waals surface area contributed by atoms with Gasteiger partial charge in [0.1, 0.15) is 0 Å². The summed E-state index contributed by atoms with van der Waals surface area (Å²) in [5.74, 6) is 0.547. The van der Waals surface area contributed by atoms with E-state index in [1.807, 2.05) is 70.3 Å². The fourth-order valence-electron chi connectivity index (χ4n) is 5.76. The number of carbonyl (C=O) groups excluding carboxylic acids is 1. The summed E-state index contributed by atoms with van der Waals surface area (Å²) in [5.41, 5.74) is 4.94. The third-order valence-electron chi connectivity index (χ3n) is 8.39. The summed E-state index contributed by atoms with van der Waals surface area (Å²) in [5, 5.41) is 12.0. The SMILES string of the molecule is CC(C)(C)c1cc(-c2nccc3c2S(=O)c2ccccc2-3)[c-]c2ccccc12.CCC(CC)C(=O)/C=C(\O)C(CC)CC.[Ir]. The molecule has 44 heavy (non-hydrogen) atoms. The molecule has 1 aliphatic heterocycles. The maximum absolute atomic E-state index is 13.3. The topological polar surface area (TPSA) is 67.3 Å². The van der Waals surface area contributed by atoms with Gasteiger partial charge in [0.2, 0.25) is 0 Å². The first-order valence-corrected chi connectivity index (χ1v) is 16.6. The van der Waals surface area contributed by atoms with E-state index in [0.29, 0.717) is 0 Å². The van der Waals surface area contributed by atoms with Crippen LogP contribution in [-0.2, 0) is 41.1 Å². The number of aliphatic hydroxyl groups is 1. The van der Waals surface area contributed by atoms with Crippen LogP contribution in [-0.4, -0.2) is 20.1 Å². The van der Waals surface area contributed by atoms with E-state index in [2.05, 4.69) is 56.1 Å². The summed E-state index contributed by atoms with van der Waals surface area (Å²) in [7, 11) is -1.23. The number of allylic oxidation sites excluding steroid dienone is 2. The Balaban J connectivity index is 0.000000286. The van der Waals surface area contributed by atoms with Gasteiger partial charge < -0.3 is 5.11 Å². The number of nitrogens with zero attached hydrogens (tertiary/aromatic N) is 1. The number of pyridine rings is 1. The fraction of sp³-hybridized carbons (Fsp3) is 0.368. The molecular weight excluding hydrogens is 743 g/mol. The molecule has 4 aromatic rings. The number of aromatic nitrogens is 1. The van der Waals surface area contributed by atoms with Crippen LogP contribution in [0.4, 0.5) is 0 Å². The van der Waals surface area contributed by atoms with Crippen molar-refractivity contribution in [3.05, 3.63) is 90.3 Å². The molecule has 2 heterocycles. The smallest absolute Gasteiger partial charge is 0.162 e. The quantitative estimate of drug-likeness (QED) is 0.0967. The van der Waals surface area contributed by atoms with Gasteiger partial charge in [0.25, 0.3) is 0 Å². The van der Waals surface area contributed by atoms with E-state index in [0.717, 1.165) is 63.2 Å². The molecule has 0 saturated carbocycles. The van der Waals surface area contributed by atoms with Gasteiger partial charge in [0, 0.05) is 54.8 Å². The van der Waals surface area contributed by atoms with Crippen molar-refractivity contribution in [2.24, 2.45) is 11.8 Å². The Labute approximate surface area is 279 Å². The molecule has 0 spiro atoms. The number of benzene rings is 3. The minimum absolute atomic E-state index is 0. The Hall–Kier alpha value is -2.92. The molecule has 235 valence electrons. The zero-order chi connectivity index (χ0) is 31.3. The molecule has 3 aromatic carbocycles. The minimum Gasteiger partial charge on any atom is -0.512 e. The van der Waals surface area contributed by atoms with Gasteiger partial charge in [-0.25, -0.2) is 4.21 Å². The molecular formula is C38H44IrNO3S-. The molecule has 0 saturated heterocycles.